The van der Waals surface area contributed by atoms with Gasteiger partial charge in [-0.15, -0.1) is 0 Å². The van der Waals surface area contributed by atoms with Gasteiger partial charge in [0.1, 0.15) is 0 Å². The van der Waals surface area contributed by atoms with E-state index in [1.54, 1.807) is 0 Å². The first-order valence-corrected chi connectivity index (χ1v) is 12.0. The first-order chi connectivity index (χ1) is 17.0. The van der Waals surface area contributed by atoms with Crippen molar-refractivity contribution in [1.82, 2.24) is 10.4 Å². The third-order valence-corrected chi connectivity index (χ3v) is 7.08. The highest BCUT2D eigenvalue weighted by Gasteiger charge is 2.60. The van der Waals surface area contributed by atoms with Crippen LogP contribution < -0.4 is 5.48 Å². The molecule has 1 fully saturated rings. The number of alkyl halides is 7. The van der Waals surface area contributed by atoms with Gasteiger partial charge in [-0.1, -0.05) is 47.5 Å². The molecule has 4 rings (SSSR count). The highest BCUT2D eigenvalue weighted by atomic mass is 35.5. The van der Waals surface area contributed by atoms with Crippen LogP contribution in [0.25, 0.3) is 5.70 Å². The molecule has 2 heterocycles. The molecule has 1 atom stereocenters. The highest BCUT2D eigenvalue weighted by molar-refractivity contribution is 8.00. The van der Waals surface area contributed by atoms with Gasteiger partial charge in [0, 0.05) is 5.56 Å². The zero-order chi connectivity index (χ0) is 27.4. The van der Waals surface area contributed by atoms with Crippen molar-refractivity contribution >= 4 is 46.6 Å². The number of hydrogen-bond donors (Lipinski definition) is 1. The van der Waals surface area contributed by atoms with E-state index in [1.807, 2.05) is 0 Å². The monoisotopic (exact) mass is 592 g/mol. The SMILES string of the molecule is O=C(CSC(F)(F)F)N1CC(F)(c2ccc(C3=CC(c4cc(Cl)c(F)c(Cl)c4)(C(F)(F)F)ON3)cc2)C1. The van der Waals surface area contributed by atoms with E-state index < -0.39 is 80.9 Å². The molecule has 0 saturated carbocycles. The van der Waals surface area contributed by atoms with E-state index in [9.17, 15) is 35.5 Å². The summed E-state index contributed by atoms with van der Waals surface area (Å²) >= 11 is 10.8. The van der Waals surface area contributed by atoms with Crippen molar-refractivity contribution in [2.75, 3.05) is 18.8 Å². The van der Waals surface area contributed by atoms with E-state index in [1.165, 1.54) is 24.3 Å². The molecular weight excluding hydrogens is 579 g/mol. The number of thioether (sulfide) groups is 1. The smallest absolute Gasteiger partial charge is 0.335 e. The van der Waals surface area contributed by atoms with Crippen LogP contribution in [0.15, 0.2) is 42.5 Å². The van der Waals surface area contributed by atoms with E-state index >= 15 is 4.39 Å². The predicted octanol–water partition coefficient (Wildman–Crippen LogP) is 6.73. The minimum atomic E-state index is -5.03. The molecule has 200 valence electrons. The predicted molar refractivity (Wildman–Crippen MR) is 121 cm³/mol. The van der Waals surface area contributed by atoms with Gasteiger partial charge in [-0.05, 0) is 41.1 Å². The fourth-order valence-electron chi connectivity index (χ4n) is 3.86. The molecule has 0 spiro atoms. The quantitative estimate of drug-likeness (QED) is 0.309. The van der Waals surface area contributed by atoms with Crippen molar-refractivity contribution in [3.05, 3.63) is 75.0 Å². The molecule has 37 heavy (non-hydrogen) atoms. The maximum atomic E-state index is 15.2. The van der Waals surface area contributed by atoms with Crippen LogP contribution in [-0.2, 0) is 20.9 Å². The van der Waals surface area contributed by atoms with Gasteiger partial charge in [0.25, 0.3) is 0 Å². The Morgan fingerprint density at radius 1 is 1.03 bits per heavy atom. The molecule has 2 aliphatic rings. The fourth-order valence-corrected chi connectivity index (χ4v) is 4.81. The van der Waals surface area contributed by atoms with Crippen LogP contribution in [0.3, 0.4) is 0 Å². The Labute approximate surface area is 218 Å². The molecule has 2 aliphatic heterocycles. The number of benzene rings is 2. The lowest BCUT2D eigenvalue weighted by Gasteiger charge is -2.44. The summed E-state index contributed by atoms with van der Waals surface area (Å²) < 4.78 is 108. The largest absolute Gasteiger partial charge is 0.442 e. The Hall–Kier alpha value is -2.22. The van der Waals surface area contributed by atoms with Gasteiger partial charge >= 0.3 is 11.7 Å². The number of likely N-dealkylation sites (tertiary alicyclic amines) is 1. The van der Waals surface area contributed by atoms with E-state index in [0.29, 0.717) is 6.08 Å². The van der Waals surface area contributed by atoms with Crippen molar-refractivity contribution in [1.29, 1.82) is 0 Å². The maximum Gasteiger partial charge on any atom is 0.442 e. The Bertz CT molecular complexity index is 1220. The van der Waals surface area contributed by atoms with Crippen molar-refractivity contribution < 1.29 is 44.8 Å². The molecule has 1 amide bonds. The molecule has 0 aromatic heterocycles. The lowest BCUT2D eigenvalue weighted by molar-refractivity contribution is -0.269. The maximum absolute atomic E-state index is 15.2. The zero-order valence-electron chi connectivity index (χ0n) is 18.1. The van der Waals surface area contributed by atoms with Crippen molar-refractivity contribution in [2.24, 2.45) is 0 Å². The van der Waals surface area contributed by atoms with E-state index in [0.717, 1.165) is 17.0 Å². The Morgan fingerprint density at radius 2 is 1.59 bits per heavy atom. The van der Waals surface area contributed by atoms with Crippen LogP contribution >= 0.6 is 35.0 Å². The number of rotatable bonds is 5. The molecule has 1 saturated heterocycles. The molecule has 4 nitrogen and oxygen atoms in total. The van der Waals surface area contributed by atoms with Gasteiger partial charge in [-0.3, -0.25) is 15.1 Å². The van der Waals surface area contributed by atoms with Crippen LogP contribution in [0.2, 0.25) is 10.0 Å². The van der Waals surface area contributed by atoms with E-state index in [4.69, 9.17) is 28.0 Å². The summed E-state index contributed by atoms with van der Waals surface area (Å²) in [5.74, 6) is -2.83. The Kier molecular flexibility index (Phi) is 7.15. The summed E-state index contributed by atoms with van der Waals surface area (Å²) in [4.78, 5) is 17.7. The average Bonchev–Trinajstić information content (AvgIpc) is 3.25. The second-order valence-corrected chi connectivity index (χ2v) is 10.1. The molecule has 0 bridgehead atoms. The normalized spacial score (nSPS) is 21.4. The second kappa shape index (κ2) is 9.51. The third kappa shape index (κ3) is 5.36. The summed E-state index contributed by atoms with van der Waals surface area (Å²) in [6.07, 6.45) is -4.32. The van der Waals surface area contributed by atoms with E-state index in [2.05, 4.69) is 5.48 Å². The van der Waals surface area contributed by atoms with Crippen LogP contribution in [0.4, 0.5) is 35.1 Å². The van der Waals surface area contributed by atoms with Gasteiger partial charge < -0.3 is 4.90 Å². The molecule has 1 N–H and O–H groups in total. The topological polar surface area (TPSA) is 41.6 Å². The third-order valence-electron chi connectivity index (χ3n) is 5.81. The number of nitrogens with one attached hydrogen (secondary N) is 1. The van der Waals surface area contributed by atoms with Crippen LogP contribution in [0, 0.1) is 5.82 Å². The molecule has 2 aromatic carbocycles. The highest BCUT2D eigenvalue weighted by Crippen LogP contribution is 2.49. The van der Waals surface area contributed by atoms with Crippen LogP contribution in [0.1, 0.15) is 16.7 Å². The van der Waals surface area contributed by atoms with Gasteiger partial charge in [-0.25, -0.2) is 8.78 Å². The summed E-state index contributed by atoms with van der Waals surface area (Å²) in [5, 5.41) is -1.28. The first-order valence-electron chi connectivity index (χ1n) is 10.2. The minimum Gasteiger partial charge on any atom is -0.335 e. The molecule has 15 heteroatoms. The summed E-state index contributed by atoms with van der Waals surface area (Å²) in [6, 6.07) is 6.65. The van der Waals surface area contributed by atoms with Crippen molar-refractivity contribution in [3.63, 3.8) is 0 Å². The number of hydroxylamine groups is 1. The summed E-state index contributed by atoms with van der Waals surface area (Å²) in [5.41, 5.74) is -7.96. The Morgan fingerprint density at radius 3 is 2.11 bits per heavy atom. The fraction of sp³-hybridized carbons (Fsp3) is 0.318. The van der Waals surface area contributed by atoms with Crippen LogP contribution in [0.5, 0.6) is 0 Å². The van der Waals surface area contributed by atoms with E-state index in [-0.39, 0.29) is 16.8 Å². The van der Waals surface area contributed by atoms with Gasteiger partial charge in [-0.2, -0.15) is 26.3 Å². The lowest BCUT2D eigenvalue weighted by atomic mass is 9.87. The van der Waals surface area contributed by atoms with Crippen LogP contribution in [-0.4, -0.2) is 41.3 Å². The number of halogens is 10. The van der Waals surface area contributed by atoms with Gasteiger partial charge in [0.15, 0.2) is 11.5 Å². The number of hydrogen-bond acceptors (Lipinski definition) is 4. The summed E-state index contributed by atoms with van der Waals surface area (Å²) in [6.45, 7) is -0.923. The molecular formula is C22H14Cl2F8N2O2S. The average molecular weight is 593 g/mol. The van der Waals surface area contributed by atoms with Gasteiger partial charge in [0.2, 0.25) is 11.5 Å². The first kappa shape index (κ1) is 27.8. The number of carbonyl (C=O) groups is 1. The summed E-state index contributed by atoms with van der Waals surface area (Å²) in [7, 11) is 0. The number of amides is 1. The zero-order valence-corrected chi connectivity index (χ0v) is 20.4. The number of carbonyl (C=O) groups excluding carboxylic acids is 1. The van der Waals surface area contributed by atoms with Gasteiger partial charge in [0.05, 0.1) is 34.6 Å². The number of nitrogens with zero attached hydrogens (tertiary/aromatic N) is 1. The van der Waals surface area contributed by atoms with Crippen molar-refractivity contribution in [3.8, 4) is 0 Å². The molecule has 0 aliphatic carbocycles. The van der Waals surface area contributed by atoms with Crippen molar-refractivity contribution in [2.45, 2.75) is 23.0 Å². The second-order valence-electron chi connectivity index (χ2n) is 8.28. The molecule has 1 unspecified atom stereocenters. The molecule has 2 aromatic rings. The minimum absolute atomic E-state index is 0.0856. The lowest BCUT2D eigenvalue weighted by Crippen LogP contribution is -2.59. The standard InChI is InChI=1S/C22H14Cl2F8N2O2S/c23-14-5-13(6-15(24)18(14)25)20(21(27,28)29)7-16(33-36-20)11-1-3-12(4-2-11)19(26)9-34(10-19)17(35)8-37-22(30,31)32/h1-7,33H,8-10H2. The Balaban J connectivity index is 1.53. The molecule has 0 radical (unpaired) electrons.